The first kappa shape index (κ1) is 25.3. The summed E-state index contributed by atoms with van der Waals surface area (Å²) in [6.45, 7) is 4.26. The zero-order valence-corrected chi connectivity index (χ0v) is 20.9. The molecule has 0 radical (unpaired) electrons. The molecule has 3 aromatic rings. The third-order valence-corrected chi connectivity index (χ3v) is 6.87. The number of nitrogens with zero attached hydrogens (tertiary/aromatic N) is 1. The summed E-state index contributed by atoms with van der Waals surface area (Å²) in [4.78, 5) is 13.0. The van der Waals surface area contributed by atoms with Gasteiger partial charge >= 0.3 is 0 Å². The minimum Gasteiger partial charge on any atom is -0.495 e. The summed E-state index contributed by atoms with van der Waals surface area (Å²) >= 11 is 0. The van der Waals surface area contributed by atoms with Crippen LogP contribution in [0.3, 0.4) is 0 Å². The highest BCUT2D eigenvalue weighted by atomic mass is 32.2. The Balaban J connectivity index is 1.74. The average Bonchev–Trinajstić information content (AvgIpc) is 2.80. The summed E-state index contributed by atoms with van der Waals surface area (Å²) in [6.07, 6.45) is 1.71. The Kier molecular flexibility index (Phi) is 8.34. The van der Waals surface area contributed by atoms with E-state index < -0.39 is 10.0 Å². The summed E-state index contributed by atoms with van der Waals surface area (Å²) in [5, 5.41) is 3.15. The van der Waals surface area contributed by atoms with Crippen LogP contribution in [-0.4, -0.2) is 34.2 Å². The molecule has 3 rings (SSSR count). The van der Waals surface area contributed by atoms with E-state index in [-0.39, 0.29) is 24.9 Å². The van der Waals surface area contributed by atoms with Gasteiger partial charge < -0.3 is 10.1 Å². The predicted molar refractivity (Wildman–Crippen MR) is 137 cm³/mol. The number of carbonyl (C=O) groups is 1. The number of rotatable bonds is 10. The highest BCUT2D eigenvalue weighted by Gasteiger charge is 2.22. The fourth-order valence-corrected chi connectivity index (χ4v) is 5.02. The third-order valence-electron chi connectivity index (χ3n) is 5.69. The number of nitrogens with one attached hydrogen (secondary N) is 1. The molecule has 0 unspecified atom stereocenters. The van der Waals surface area contributed by atoms with Gasteiger partial charge in [0.25, 0.3) is 0 Å². The van der Waals surface area contributed by atoms with E-state index in [1.165, 1.54) is 11.4 Å². The van der Waals surface area contributed by atoms with Crippen molar-refractivity contribution in [2.75, 3.05) is 24.2 Å². The zero-order chi connectivity index (χ0) is 24.7. The maximum Gasteiger partial charge on any atom is 0.232 e. The van der Waals surface area contributed by atoms with Crippen LogP contribution in [0.4, 0.5) is 5.69 Å². The Morgan fingerprint density at radius 3 is 2.32 bits per heavy atom. The van der Waals surface area contributed by atoms with Gasteiger partial charge in [-0.05, 0) is 49.1 Å². The second kappa shape index (κ2) is 11.2. The molecular weight excluding hydrogens is 448 g/mol. The number of ether oxygens (including phenoxy) is 1. The fourth-order valence-electron chi connectivity index (χ4n) is 4.05. The second-order valence-electron chi connectivity index (χ2n) is 8.38. The van der Waals surface area contributed by atoms with Crippen molar-refractivity contribution in [1.29, 1.82) is 0 Å². The number of aryl methyl sites for hydroxylation is 2. The van der Waals surface area contributed by atoms with Crippen LogP contribution in [0.15, 0.2) is 72.8 Å². The Hall–Kier alpha value is -3.32. The lowest BCUT2D eigenvalue weighted by Gasteiger charge is -2.25. The molecule has 7 heteroatoms. The quantitative estimate of drug-likeness (QED) is 0.454. The maximum absolute atomic E-state index is 13.0. The molecule has 0 aliphatic heterocycles. The minimum absolute atomic E-state index is 0.137. The Bertz CT molecular complexity index is 1230. The molecule has 34 heavy (non-hydrogen) atoms. The zero-order valence-electron chi connectivity index (χ0n) is 20.1. The van der Waals surface area contributed by atoms with Crippen molar-refractivity contribution in [3.63, 3.8) is 0 Å². The van der Waals surface area contributed by atoms with Crippen LogP contribution in [0.2, 0.25) is 0 Å². The standard InChI is InChI=1S/C27H32N2O4S/c1-20-16-17-23(21(2)19-20)27(22-11-6-5-7-12-22)28-26(30)15-10-18-29(34(4,31)32)24-13-8-9-14-25(24)33-3/h5-9,11-14,16-17,19,27H,10,15,18H2,1-4H3,(H,28,30)/t27-/m0/s1. The van der Waals surface area contributed by atoms with Crippen LogP contribution in [0.1, 0.15) is 41.1 Å². The van der Waals surface area contributed by atoms with E-state index in [1.54, 1.807) is 24.3 Å². The molecule has 0 saturated heterocycles. The van der Waals surface area contributed by atoms with E-state index in [4.69, 9.17) is 4.74 Å². The lowest BCUT2D eigenvalue weighted by molar-refractivity contribution is -0.121. The molecule has 1 amide bonds. The Morgan fingerprint density at radius 2 is 1.68 bits per heavy atom. The van der Waals surface area contributed by atoms with Gasteiger partial charge in [0.1, 0.15) is 5.75 Å². The molecule has 0 spiro atoms. The van der Waals surface area contributed by atoms with Crippen molar-refractivity contribution < 1.29 is 17.9 Å². The molecule has 0 aromatic heterocycles. The van der Waals surface area contributed by atoms with Gasteiger partial charge in [-0.15, -0.1) is 0 Å². The van der Waals surface area contributed by atoms with Gasteiger partial charge in [-0.3, -0.25) is 9.10 Å². The van der Waals surface area contributed by atoms with Gasteiger partial charge in [0.2, 0.25) is 15.9 Å². The van der Waals surface area contributed by atoms with Crippen LogP contribution >= 0.6 is 0 Å². The predicted octanol–water partition coefficient (Wildman–Crippen LogP) is 4.76. The summed E-state index contributed by atoms with van der Waals surface area (Å²) in [6, 6.07) is 22.7. The van der Waals surface area contributed by atoms with Crippen molar-refractivity contribution in [1.82, 2.24) is 5.32 Å². The number of para-hydroxylation sites is 2. The topological polar surface area (TPSA) is 75.7 Å². The molecule has 3 aromatic carbocycles. The second-order valence-corrected chi connectivity index (χ2v) is 10.3. The monoisotopic (exact) mass is 480 g/mol. The third kappa shape index (κ3) is 6.38. The van der Waals surface area contributed by atoms with Crippen molar-refractivity contribution in [2.24, 2.45) is 0 Å². The van der Waals surface area contributed by atoms with Crippen LogP contribution in [0, 0.1) is 13.8 Å². The van der Waals surface area contributed by atoms with E-state index in [2.05, 4.69) is 17.4 Å². The van der Waals surface area contributed by atoms with E-state index in [0.717, 1.165) is 28.5 Å². The van der Waals surface area contributed by atoms with E-state index in [9.17, 15) is 13.2 Å². The number of methoxy groups -OCH3 is 1. The van der Waals surface area contributed by atoms with Gasteiger partial charge in [-0.2, -0.15) is 0 Å². The van der Waals surface area contributed by atoms with E-state index >= 15 is 0 Å². The van der Waals surface area contributed by atoms with E-state index in [0.29, 0.717) is 17.9 Å². The van der Waals surface area contributed by atoms with Crippen molar-refractivity contribution in [3.05, 3.63) is 95.1 Å². The SMILES string of the molecule is COc1ccccc1N(CCCC(=O)N[C@@H](c1ccccc1)c1ccc(C)cc1C)S(C)(=O)=O. The number of benzene rings is 3. The fraction of sp³-hybridized carbons (Fsp3) is 0.296. The summed E-state index contributed by atoms with van der Waals surface area (Å²) in [5.74, 6) is 0.332. The van der Waals surface area contributed by atoms with Gasteiger partial charge in [0, 0.05) is 13.0 Å². The first-order valence-electron chi connectivity index (χ1n) is 11.2. The molecular formula is C27H32N2O4S. The molecule has 0 heterocycles. The normalized spacial score (nSPS) is 12.1. The molecule has 0 saturated carbocycles. The molecule has 0 aliphatic rings. The molecule has 1 N–H and O–H groups in total. The van der Waals surface area contributed by atoms with Crippen LogP contribution < -0.4 is 14.4 Å². The van der Waals surface area contributed by atoms with Gasteiger partial charge in [0.05, 0.1) is 25.1 Å². The molecule has 0 bridgehead atoms. The smallest absolute Gasteiger partial charge is 0.232 e. The first-order valence-corrected chi connectivity index (χ1v) is 13.1. The van der Waals surface area contributed by atoms with Gasteiger partial charge in [-0.1, -0.05) is 66.2 Å². The lowest BCUT2D eigenvalue weighted by Crippen LogP contribution is -2.33. The van der Waals surface area contributed by atoms with Crippen LogP contribution in [0.25, 0.3) is 0 Å². The first-order chi connectivity index (χ1) is 16.2. The van der Waals surface area contributed by atoms with Crippen molar-refractivity contribution >= 4 is 21.6 Å². The lowest BCUT2D eigenvalue weighted by atomic mass is 9.93. The van der Waals surface area contributed by atoms with E-state index in [1.807, 2.05) is 50.2 Å². The van der Waals surface area contributed by atoms with Gasteiger partial charge in [-0.25, -0.2) is 8.42 Å². The molecule has 6 nitrogen and oxygen atoms in total. The molecule has 1 atom stereocenters. The number of carbonyl (C=O) groups excluding carboxylic acids is 1. The highest BCUT2D eigenvalue weighted by molar-refractivity contribution is 7.92. The summed E-state index contributed by atoms with van der Waals surface area (Å²) in [7, 11) is -2.04. The Labute approximate surface area is 202 Å². The van der Waals surface area contributed by atoms with Crippen LogP contribution in [0.5, 0.6) is 5.75 Å². The molecule has 0 aliphatic carbocycles. The number of amides is 1. The minimum atomic E-state index is -3.55. The Morgan fingerprint density at radius 1 is 1.00 bits per heavy atom. The number of sulfonamides is 1. The van der Waals surface area contributed by atoms with Crippen molar-refractivity contribution in [3.8, 4) is 5.75 Å². The van der Waals surface area contributed by atoms with Crippen molar-refractivity contribution in [2.45, 2.75) is 32.7 Å². The largest absolute Gasteiger partial charge is 0.495 e. The summed E-state index contributed by atoms with van der Waals surface area (Å²) < 4.78 is 31.5. The maximum atomic E-state index is 13.0. The average molecular weight is 481 g/mol. The molecule has 180 valence electrons. The molecule has 0 fully saturated rings. The highest BCUT2D eigenvalue weighted by Crippen LogP contribution is 2.30. The number of hydrogen-bond acceptors (Lipinski definition) is 4. The summed E-state index contributed by atoms with van der Waals surface area (Å²) in [5.41, 5.74) is 4.77. The van der Waals surface area contributed by atoms with Crippen LogP contribution in [-0.2, 0) is 14.8 Å². The number of anilines is 1. The number of hydrogen-bond donors (Lipinski definition) is 1. The van der Waals surface area contributed by atoms with Gasteiger partial charge in [0.15, 0.2) is 0 Å².